The molecule has 134 valence electrons. The first-order valence-electron chi connectivity index (χ1n) is 8.23. The lowest BCUT2D eigenvalue weighted by Gasteiger charge is -2.10. The fraction of sp³-hybridized carbons (Fsp3) is 0.0500. The Hall–Kier alpha value is -3.32. The third-order valence-electron chi connectivity index (χ3n) is 4.19. The zero-order valence-corrected chi connectivity index (χ0v) is 15.3. The quantitative estimate of drug-likeness (QED) is 0.582. The highest BCUT2D eigenvalue weighted by molar-refractivity contribution is 7.90. The third kappa shape index (κ3) is 3.63. The van der Waals surface area contributed by atoms with Gasteiger partial charge in [0.2, 0.25) is 0 Å². The van der Waals surface area contributed by atoms with Crippen LogP contribution in [0.3, 0.4) is 0 Å². The predicted octanol–water partition coefficient (Wildman–Crippen LogP) is 3.84. The normalized spacial score (nSPS) is 11.4. The van der Waals surface area contributed by atoms with Crippen molar-refractivity contribution in [3.05, 3.63) is 73.3 Å². The maximum absolute atomic E-state index is 11.6. The van der Waals surface area contributed by atoms with Gasteiger partial charge in [0.1, 0.15) is 12.1 Å². The van der Waals surface area contributed by atoms with Gasteiger partial charge in [-0.3, -0.25) is 4.98 Å². The van der Waals surface area contributed by atoms with Gasteiger partial charge in [0.15, 0.2) is 9.84 Å². The molecule has 0 saturated heterocycles. The van der Waals surface area contributed by atoms with Gasteiger partial charge in [-0.05, 0) is 24.3 Å². The molecule has 0 saturated carbocycles. The first-order valence-corrected chi connectivity index (χ1v) is 10.1. The second-order valence-electron chi connectivity index (χ2n) is 6.11. The van der Waals surface area contributed by atoms with Gasteiger partial charge in [0.25, 0.3) is 0 Å². The van der Waals surface area contributed by atoms with Crippen LogP contribution < -0.4 is 5.32 Å². The summed E-state index contributed by atoms with van der Waals surface area (Å²) in [5, 5.41) is 5.40. The molecule has 4 rings (SSSR count). The lowest BCUT2D eigenvalue weighted by molar-refractivity contribution is 0.602. The van der Waals surface area contributed by atoms with E-state index in [4.69, 9.17) is 0 Å². The van der Waals surface area contributed by atoms with E-state index in [0.29, 0.717) is 11.5 Å². The molecule has 4 aromatic rings. The fourth-order valence-electron chi connectivity index (χ4n) is 2.83. The molecule has 0 unspecified atom stereocenters. The van der Waals surface area contributed by atoms with E-state index in [9.17, 15) is 8.42 Å². The van der Waals surface area contributed by atoms with Gasteiger partial charge in [0, 0.05) is 46.7 Å². The highest BCUT2D eigenvalue weighted by Crippen LogP contribution is 2.27. The van der Waals surface area contributed by atoms with Gasteiger partial charge in [-0.1, -0.05) is 24.3 Å². The summed E-state index contributed by atoms with van der Waals surface area (Å²) in [7, 11) is -3.22. The summed E-state index contributed by atoms with van der Waals surface area (Å²) >= 11 is 0. The van der Waals surface area contributed by atoms with E-state index in [2.05, 4.69) is 20.3 Å². The minimum Gasteiger partial charge on any atom is -0.340 e. The summed E-state index contributed by atoms with van der Waals surface area (Å²) in [6.07, 6.45) is 6.24. The molecule has 0 aliphatic carbocycles. The lowest BCUT2D eigenvalue weighted by Crippen LogP contribution is -1.98. The molecule has 2 heterocycles. The number of sulfone groups is 1. The first-order chi connectivity index (χ1) is 13.0. The Kier molecular flexibility index (Phi) is 4.29. The van der Waals surface area contributed by atoms with E-state index in [1.807, 2.05) is 36.5 Å². The molecule has 0 radical (unpaired) electrons. The number of hydrogen-bond donors (Lipinski definition) is 1. The Morgan fingerprint density at radius 2 is 1.78 bits per heavy atom. The SMILES string of the molecule is CS(=O)(=O)c1ccc(-c2cc(Nc3cccc4cnccc34)ncn2)cc1. The van der Waals surface area contributed by atoms with Crippen molar-refractivity contribution in [3.8, 4) is 11.3 Å². The van der Waals surface area contributed by atoms with Gasteiger partial charge in [-0.2, -0.15) is 0 Å². The van der Waals surface area contributed by atoms with Crippen LogP contribution in [0.15, 0.2) is 78.2 Å². The molecule has 2 aromatic heterocycles. The standard InChI is InChI=1S/C20H16N4O2S/c1-27(25,26)16-7-5-14(6-8-16)19-11-20(23-13-22-19)24-18-4-2-3-15-12-21-10-9-17(15)18/h2-13H,1H3,(H,22,23,24). The van der Waals surface area contributed by atoms with E-state index in [1.54, 1.807) is 30.5 Å². The molecule has 2 aromatic carbocycles. The van der Waals surface area contributed by atoms with Crippen molar-refractivity contribution in [1.82, 2.24) is 15.0 Å². The molecule has 0 fully saturated rings. The maximum atomic E-state index is 11.6. The summed E-state index contributed by atoms with van der Waals surface area (Å²) < 4.78 is 23.2. The average molecular weight is 376 g/mol. The van der Waals surface area contributed by atoms with Crippen LogP contribution in [-0.2, 0) is 9.84 Å². The van der Waals surface area contributed by atoms with E-state index in [0.717, 1.165) is 22.0 Å². The Bertz CT molecular complexity index is 1220. The number of hydrogen-bond acceptors (Lipinski definition) is 6. The summed E-state index contributed by atoms with van der Waals surface area (Å²) in [6.45, 7) is 0. The van der Waals surface area contributed by atoms with E-state index < -0.39 is 9.84 Å². The smallest absolute Gasteiger partial charge is 0.175 e. The highest BCUT2D eigenvalue weighted by Gasteiger charge is 2.09. The van der Waals surface area contributed by atoms with Crippen molar-refractivity contribution in [2.75, 3.05) is 11.6 Å². The number of fused-ring (bicyclic) bond motifs is 1. The largest absolute Gasteiger partial charge is 0.340 e. The Labute approximate surface area is 156 Å². The van der Waals surface area contributed by atoms with E-state index >= 15 is 0 Å². The molecule has 1 N–H and O–H groups in total. The lowest BCUT2D eigenvalue weighted by atomic mass is 10.1. The van der Waals surface area contributed by atoms with Crippen LogP contribution in [0.25, 0.3) is 22.0 Å². The van der Waals surface area contributed by atoms with E-state index in [-0.39, 0.29) is 4.90 Å². The molecular formula is C20H16N4O2S. The molecule has 6 nitrogen and oxygen atoms in total. The zero-order valence-electron chi connectivity index (χ0n) is 14.5. The van der Waals surface area contributed by atoms with Crippen molar-refractivity contribution in [2.24, 2.45) is 0 Å². The van der Waals surface area contributed by atoms with E-state index in [1.165, 1.54) is 12.6 Å². The fourth-order valence-corrected chi connectivity index (χ4v) is 3.46. The predicted molar refractivity (Wildman–Crippen MR) is 106 cm³/mol. The third-order valence-corrected chi connectivity index (χ3v) is 5.32. The molecule has 27 heavy (non-hydrogen) atoms. The van der Waals surface area contributed by atoms with Crippen LogP contribution in [0.2, 0.25) is 0 Å². The van der Waals surface area contributed by atoms with Gasteiger partial charge in [-0.15, -0.1) is 0 Å². The number of nitrogens with one attached hydrogen (secondary N) is 1. The molecule has 0 atom stereocenters. The van der Waals surface area contributed by atoms with Gasteiger partial charge in [-0.25, -0.2) is 18.4 Å². The Balaban J connectivity index is 1.66. The van der Waals surface area contributed by atoms with Gasteiger partial charge >= 0.3 is 0 Å². The van der Waals surface area contributed by atoms with Crippen LogP contribution in [0, 0.1) is 0 Å². The summed E-state index contributed by atoms with van der Waals surface area (Å²) in [6, 6.07) is 16.4. The van der Waals surface area contributed by atoms with Crippen LogP contribution in [0.1, 0.15) is 0 Å². The molecule has 0 spiro atoms. The van der Waals surface area contributed by atoms with Crippen molar-refractivity contribution in [1.29, 1.82) is 0 Å². The number of rotatable bonds is 4. The van der Waals surface area contributed by atoms with Crippen LogP contribution in [-0.4, -0.2) is 29.6 Å². The van der Waals surface area contributed by atoms with Crippen molar-refractivity contribution < 1.29 is 8.42 Å². The number of benzene rings is 2. The molecule has 0 aliphatic heterocycles. The summed E-state index contributed by atoms with van der Waals surface area (Å²) in [5.74, 6) is 0.650. The Morgan fingerprint density at radius 3 is 2.56 bits per heavy atom. The van der Waals surface area contributed by atoms with Crippen LogP contribution in [0.5, 0.6) is 0 Å². The highest BCUT2D eigenvalue weighted by atomic mass is 32.2. The molecule has 7 heteroatoms. The second kappa shape index (κ2) is 6.77. The van der Waals surface area contributed by atoms with Crippen molar-refractivity contribution in [2.45, 2.75) is 4.90 Å². The number of nitrogens with zero attached hydrogens (tertiary/aromatic N) is 3. The van der Waals surface area contributed by atoms with Crippen molar-refractivity contribution >= 4 is 32.1 Å². The molecular weight excluding hydrogens is 360 g/mol. The van der Waals surface area contributed by atoms with Gasteiger partial charge in [0.05, 0.1) is 10.6 Å². The molecule has 0 amide bonds. The number of aromatic nitrogens is 3. The van der Waals surface area contributed by atoms with Crippen LogP contribution >= 0.6 is 0 Å². The topological polar surface area (TPSA) is 84.8 Å². The average Bonchev–Trinajstić information content (AvgIpc) is 2.68. The molecule has 0 bridgehead atoms. The first kappa shape index (κ1) is 17.1. The molecule has 0 aliphatic rings. The van der Waals surface area contributed by atoms with Crippen LogP contribution in [0.4, 0.5) is 11.5 Å². The minimum atomic E-state index is -3.22. The summed E-state index contributed by atoms with van der Waals surface area (Å²) in [4.78, 5) is 13.0. The monoisotopic (exact) mass is 376 g/mol. The van der Waals surface area contributed by atoms with Crippen molar-refractivity contribution in [3.63, 3.8) is 0 Å². The second-order valence-corrected chi connectivity index (χ2v) is 8.13. The Morgan fingerprint density at radius 1 is 0.963 bits per heavy atom. The maximum Gasteiger partial charge on any atom is 0.175 e. The summed E-state index contributed by atoms with van der Waals surface area (Å²) in [5.41, 5.74) is 2.44. The number of pyridine rings is 1. The van der Waals surface area contributed by atoms with Gasteiger partial charge < -0.3 is 5.32 Å². The number of anilines is 2. The zero-order chi connectivity index (χ0) is 18.9. The minimum absolute atomic E-state index is 0.281.